The molecule has 0 aliphatic carbocycles. The minimum absolute atomic E-state index is 0.156. The lowest BCUT2D eigenvalue weighted by molar-refractivity contribution is 0.458. The van der Waals surface area contributed by atoms with Gasteiger partial charge in [0.2, 0.25) is 0 Å². The van der Waals surface area contributed by atoms with Crippen LogP contribution in [-0.2, 0) is 6.42 Å². The van der Waals surface area contributed by atoms with Crippen molar-refractivity contribution in [3.8, 4) is 0 Å². The zero-order chi connectivity index (χ0) is 27.3. The number of fused-ring (bicyclic) bond motifs is 1. The summed E-state index contributed by atoms with van der Waals surface area (Å²) in [5, 5.41) is 11.4. The average Bonchev–Trinajstić information content (AvgIpc) is 3.15. The van der Waals surface area contributed by atoms with E-state index in [2.05, 4.69) is 66.3 Å². The highest BCUT2D eigenvalue weighted by molar-refractivity contribution is 5.87. The standard InChI is InChI=1S/C34H52N4/c1-26(36-25-16-14-12-10-8-6-7-9-11-13-15-24-35)20-22-31-18-17-19-32-29(4)38(30(5)34(31)32)33-23-21-27(2)37-28(33)3/h17-19,33,36-37H,1-16,20-25,35H2. The fraction of sp³-hybridized carbons (Fsp3) is 0.529. The Bertz CT molecular complexity index is 1170. The van der Waals surface area contributed by atoms with Crippen molar-refractivity contribution in [1.29, 1.82) is 0 Å². The van der Waals surface area contributed by atoms with Gasteiger partial charge >= 0.3 is 0 Å². The molecule has 1 atom stereocenters. The van der Waals surface area contributed by atoms with Crippen LogP contribution in [0.25, 0.3) is 23.9 Å². The molecule has 3 rings (SSSR count). The van der Waals surface area contributed by atoms with E-state index in [1.165, 1.54) is 87.0 Å². The van der Waals surface area contributed by atoms with E-state index in [1.807, 2.05) is 0 Å². The fourth-order valence-electron chi connectivity index (χ4n) is 5.82. The smallest absolute Gasteiger partial charge is 0.0738 e. The van der Waals surface area contributed by atoms with Gasteiger partial charge in [0, 0.05) is 45.1 Å². The van der Waals surface area contributed by atoms with Crippen LogP contribution in [0.5, 0.6) is 0 Å². The van der Waals surface area contributed by atoms with Crippen molar-refractivity contribution < 1.29 is 0 Å². The number of hydrogen-bond acceptors (Lipinski definition) is 3. The third kappa shape index (κ3) is 8.39. The lowest BCUT2D eigenvalue weighted by Crippen LogP contribution is -2.36. The van der Waals surface area contributed by atoms with Gasteiger partial charge < -0.3 is 20.9 Å². The number of piperidine rings is 1. The van der Waals surface area contributed by atoms with Crippen LogP contribution in [0.1, 0.15) is 101 Å². The van der Waals surface area contributed by atoms with Gasteiger partial charge in [0.15, 0.2) is 0 Å². The maximum atomic E-state index is 5.55. The van der Waals surface area contributed by atoms with Gasteiger partial charge in [0.1, 0.15) is 0 Å². The largest absolute Gasteiger partial charge is 0.389 e. The van der Waals surface area contributed by atoms with E-state index in [4.69, 9.17) is 5.73 Å². The summed E-state index contributed by atoms with van der Waals surface area (Å²) >= 11 is 0. The second-order valence-electron chi connectivity index (χ2n) is 11.1. The average molecular weight is 517 g/mol. The minimum atomic E-state index is 0.156. The van der Waals surface area contributed by atoms with Gasteiger partial charge in [-0.2, -0.15) is 0 Å². The molecule has 0 spiro atoms. The third-order valence-electron chi connectivity index (χ3n) is 8.05. The van der Waals surface area contributed by atoms with Crippen LogP contribution < -0.4 is 27.1 Å². The van der Waals surface area contributed by atoms with Crippen LogP contribution in [0, 0.1) is 0 Å². The summed E-state index contributed by atoms with van der Waals surface area (Å²) in [5.74, 6) is 0. The summed E-state index contributed by atoms with van der Waals surface area (Å²) in [4.78, 5) is 0. The SMILES string of the molecule is C=C(CCc1cccc2c(=C)n(C3CCC(=C)NC3=C)c(=C)c12)NCCCCCCCCCCCCCN. The van der Waals surface area contributed by atoms with Gasteiger partial charge in [-0.15, -0.1) is 0 Å². The Hall–Kier alpha value is -2.72. The topological polar surface area (TPSA) is 55.0 Å². The van der Waals surface area contributed by atoms with Crippen LogP contribution in [0.4, 0.5) is 0 Å². The molecule has 1 aromatic heterocycles. The summed E-state index contributed by atoms with van der Waals surface area (Å²) in [6.07, 6.45) is 18.4. The second kappa shape index (κ2) is 15.6. The Balaban J connectivity index is 1.39. The van der Waals surface area contributed by atoms with Crippen molar-refractivity contribution in [2.45, 2.75) is 102 Å². The molecule has 1 aliphatic rings. The van der Waals surface area contributed by atoms with Crippen LogP contribution in [0.3, 0.4) is 0 Å². The van der Waals surface area contributed by atoms with E-state index in [9.17, 15) is 0 Å². The molecule has 1 unspecified atom stereocenters. The Kier molecular flexibility index (Phi) is 12.3. The number of nitrogens with two attached hydrogens (primary N) is 1. The lowest BCUT2D eigenvalue weighted by atomic mass is 10.0. The summed E-state index contributed by atoms with van der Waals surface area (Å²) in [6, 6.07) is 6.69. The van der Waals surface area contributed by atoms with Crippen LogP contribution in [0.2, 0.25) is 0 Å². The molecule has 4 N–H and O–H groups in total. The normalized spacial score (nSPS) is 15.7. The molecule has 1 fully saturated rings. The number of allylic oxidation sites excluding steroid dienone is 3. The van der Waals surface area contributed by atoms with Gasteiger partial charge in [0.05, 0.1) is 6.04 Å². The minimum Gasteiger partial charge on any atom is -0.389 e. The van der Waals surface area contributed by atoms with E-state index in [1.54, 1.807) is 0 Å². The molecule has 1 saturated heterocycles. The highest BCUT2D eigenvalue weighted by Crippen LogP contribution is 2.27. The van der Waals surface area contributed by atoms with Crippen molar-refractivity contribution in [2.75, 3.05) is 13.1 Å². The molecule has 0 saturated carbocycles. The van der Waals surface area contributed by atoms with Crippen molar-refractivity contribution in [3.05, 3.63) is 71.3 Å². The molecular formula is C34H52N4. The Morgan fingerprint density at radius 3 is 2.16 bits per heavy atom. The molecule has 0 amide bonds. The molecule has 4 nitrogen and oxygen atoms in total. The maximum Gasteiger partial charge on any atom is 0.0738 e. The summed E-state index contributed by atoms with van der Waals surface area (Å²) in [7, 11) is 0. The van der Waals surface area contributed by atoms with Crippen molar-refractivity contribution >= 4 is 23.9 Å². The van der Waals surface area contributed by atoms with Gasteiger partial charge in [-0.1, -0.05) is 109 Å². The van der Waals surface area contributed by atoms with Gasteiger partial charge in [-0.05, 0) is 50.6 Å². The number of nitrogens with one attached hydrogen (secondary N) is 2. The quantitative estimate of drug-likeness (QED) is 0.193. The van der Waals surface area contributed by atoms with E-state index < -0.39 is 0 Å². The first kappa shape index (κ1) is 29.8. The van der Waals surface area contributed by atoms with Crippen LogP contribution in [-0.4, -0.2) is 17.7 Å². The van der Waals surface area contributed by atoms with Gasteiger partial charge in [0.25, 0.3) is 0 Å². The zero-order valence-corrected chi connectivity index (χ0v) is 23.9. The number of benzene rings is 1. The van der Waals surface area contributed by atoms with Crippen molar-refractivity contribution in [2.24, 2.45) is 5.73 Å². The van der Waals surface area contributed by atoms with E-state index in [0.717, 1.165) is 66.6 Å². The molecule has 2 aromatic rings. The molecule has 4 heteroatoms. The highest BCUT2D eigenvalue weighted by Gasteiger charge is 2.23. The van der Waals surface area contributed by atoms with Crippen molar-refractivity contribution in [3.63, 3.8) is 0 Å². The first-order valence-corrected chi connectivity index (χ1v) is 15.0. The monoisotopic (exact) mass is 516 g/mol. The number of rotatable bonds is 18. The Labute approximate surface area is 231 Å². The number of hydrogen-bond donors (Lipinski definition) is 3. The molecule has 38 heavy (non-hydrogen) atoms. The van der Waals surface area contributed by atoms with E-state index >= 15 is 0 Å². The number of aromatic nitrogens is 1. The van der Waals surface area contributed by atoms with Crippen LogP contribution in [0.15, 0.2) is 55.0 Å². The number of nitrogens with zero attached hydrogens (tertiary/aromatic N) is 1. The van der Waals surface area contributed by atoms with Gasteiger partial charge in [-0.25, -0.2) is 0 Å². The van der Waals surface area contributed by atoms with E-state index in [0.29, 0.717) is 0 Å². The lowest BCUT2D eigenvalue weighted by Gasteiger charge is -2.29. The molecule has 2 heterocycles. The summed E-state index contributed by atoms with van der Waals surface area (Å²) < 4.78 is 2.27. The second-order valence-corrected chi connectivity index (χ2v) is 11.1. The Morgan fingerprint density at radius 1 is 0.895 bits per heavy atom. The highest BCUT2D eigenvalue weighted by atomic mass is 15.1. The molecular weight excluding hydrogens is 464 g/mol. The number of aryl methyl sites for hydroxylation is 1. The fourth-order valence-corrected chi connectivity index (χ4v) is 5.82. The first-order valence-electron chi connectivity index (χ1n) is 15.0. The maximum absolute atomic E-state index is 5.55. The molecule has 1 aliphatic heterocycles. The number of unbranched alkanes of at least 4 members (excludes halogenated alkanes) is 10. The molecule has 208 valence electrons. The zero-order valence-electron chi connectivity index (χ0n) is 23.9. The predicted octanol–water partition coefficient (Wildman–Crippen LogP) is 6.70. The summed E-state index contributed by atoms with van der Waals surface area (Å²) in [6.45, 7) is 23.4. The van der Waals surface area contributed by atoms with E-state index in [-0.39, 0.29) is 6.04 Å². The third-order valence-corrected chi connectivity index (χ3v) is 8.05. The first-order chi connectivity index (χ1) is 18.4. The molecule has 0 bridgehead atoms. The molecule has 0 radical (unpaired) electrons. The van der Waals surface area contributed by atoms with Gasteiger partial charge in [-0.3, -0.25) is 0 Å². The van der Waals surface area contributed by atoms with Crippen LogP contribution >= 0.6 is 0 Å². The van der Waals surface area contributed by atoms with Crippen molar-refractivity contribution in [1.82, 2.24) is 15.2 Å². The summed E-state index contributed by atoms with van der Waals surface area (Å²) in [5.41, 5.74) is 10.0. The predicted molar refractivity (Wildman–Crippen MR) is 167 cm³/mol. The molecule has 1 aromatic carbocycles. The Morgan fingerprint density at radius 2 is 1.53 bits per heavy atom.